The van der Waals surface area contributed by atoms with Crippen molar-refractivity contribution in [3.05, 3.63) is 174 Å². The maximum atomic E-state index is 11.9. The standard InChI is InChI=1S/C49H39N3O2/c1-49(2,3)35-24-26-41(40(29-35)30-13-5-4-6-14-30)52-42-22-12-21-36(44(42)50-47(52)39-25-23-31-15-7-10-20-38(31)46(39)53)32-17-11-18-34(27-32)48-51-45-37-19-9-8-16-33(37)28-43(45)54-48/h4-27,29,43,45,53H,28H2,1-3H3/t43-,45+/m0/s1. The van der Waals surface area contributed by atoms with E-state index in [9.17, 15) is 5.11 Å². The Morgan fingerprint density at radius 1 is 0.667 bits per heavy atom. The number of rotatable bonds is 5. The third kappa shape index (κ3) is 5.22. The van der Waals surface area contributed by atoms with Gasteiger partial charge in [-0.3, -0.25) is 4.57 Å². The number of aromatic hydroxyl groups is 1. The Balaban J connectivity index is 1.19. The van der Waals surface area contributed by atoms with Gasteiger partial charge in [0.25, 0.3) is 0 Å². The molecule has 0 amide bonds. The number of hydrogen-bond donors (Lipinski definition) is 1. The molecule has 0 fully saturated rings. The molecule has 10 rings (SSSR count). The molecule has 7 aromatic carbocycles. The maximum absolute atomic E-state index is 11.9. The van der Waals surface area contributed by atoms with E-state index in [-0.39, 0.29) is 23.3 Å². The number of imidazole rings is 1. The number of phenols is 1. The summed E-state index contributed by atoms with van der Waals surface area (Å²) >= 11 is 0. The molecule has 8 aromatic rings. The number of para-hydroxylation sites is 1. The summed E-state index contributed by atoms with van der Waals surface area (Å²) in [4.78, 5) is 10.5. The highest BCUT2D eigenvalue weighted by Gasteiger charge is 2.39. The number of fused-ring (bicyclic) bond motifs is 5. The van der Waals surface area contributed by atoms with Crippen LogP contribution in [0, 0.1) is 0 Å². The number of nitrogens with zero attached hydrogens (tertiary/aromatic N) is 3. The predicted octanol–water partition coefficient (Wildman–Crippen LogP) is 11.6. The summed E-state index contributed by atoms with van der Waals surface area (Å²) < 4.78 is 8.74. The number of aliphatic imine (C=N–C) groups is 1. The third-order valence-corrected chi connectivity index (χ3v) is 11.1. The monoisotopic (exact) mass is 701 g/mol. The van der Waals surface area contributed by atoms with Gasteiger partial charge >= 0.3 is 0 Å². The van der Waals surface area contributed by atoms with E-state index in [1.807, 2.05) is 30.3 Å². The SMILES string of the molecule is CC(C)(C)c1ccc(-n2c(-c3ccc4ccccc4c3O)nc3c(-c4cccc(C5=N[C@@H]6c7ccccc7C[C@@H]6O5)c4)cccc32)c(-c2ccccc2)c1. The summed E-state index contributed by atoms with van der Waals surface area (Å²) in [6.07, 6.45) is 0.900. The lowest BCUT2D eigenvalue weighted by atomic mass is 9.85. The van der Waals surface area contributed by atoms with Gasteiger partial charge in [-0.2, -0.15) is 0 Å². The molecule has 5 nitrogen and oxygen atoms in total. The van der Waals surface area contributed by atoms with Crippen molar-refractivity contribution in [2.75, 3.05) is 0 Å². The minimum Gasteiger partial charge on any atom is -0.507 e. The first kappa shape index (κ1) is 32.2. The second-order valence-electron chi connectivity index (χ2n) is 15.5. The Morgan fingerprint density at radius 2 is 1.43 bits per heavy atom. The van der Waals surface area contributed by atoms with Crippen LogP contribution in [-0.2, 0) is 16.6 Å². The van der Waals surface area contributed by atoms with Crippen LogP contribution >= 0.6 is 0 Å². The van der Waals surface area contributed by atoms with Crippen molar-refractivity contribution < 1.29 is 9.84 Å². The average Bonchev–Trinajstić information content (AvgIpc) is 3.89. The Morgan fingerprint density at radius 3 is 2.30 bits per heavy atom. The zero-order valence-electron chi connectivity index (χ0n) is 30.5. The molecule has 0 spiro atoms. The van der Waals surface area contributed by atoms with Crippen LogP contribution in [0.5, 0.6) is 5.75 Å². The van der Waals surface area contributed by atoms with E-state index in [4.69, 9.17) is 14.7 Å². The number of phenolic OH excluding ortho intramolecular Hbond substituents is 1. The van der Waals surface area contributed by atoms with Crippen LogP contribution in [0.3, 0.4) is 0 Å². The van der Waals surface area contributed by atoms with Crippen LogP contribution in [0.25, 0.3) is 61.1 Å². The first-order chi connectivity index (χ1) is 26.3. The minimum atomic E-state index is -0.0495. The summed E-state index contributed by atoms with van der Waals surface area (Å²) in [6, 6.07) is 52.7. The van der Waals surface area contributed by atoms with Crippen molar-refractivity contribution in [2.24, 2.45) is 4.99 Å². The van der Waals surface area contributed by atoms with Crippen molar-refractivity contribution in [2.45, 2.75) is 44.8 Å². The maximum Gasteiger partial charge on any atom is 0.217 e. The molecule has 1 aliphatic heterocycles. The van der Waals surface area contributed by atoms with Crippen LogP contribution < -0.4 is 0 Å². The molecule has 0 radical (unpaired) electrons. The topological polar surface area (TPSA) is 59.6 Å². The molecule has 1 N–H and O–H groups in total. The highest BCUT2D eigenvalue weighted by molar-refractivity contribution is 6.01. The van der Waals surface area contributed by atoms with E-state index in [1.54, 1.807) is 0 Å². The molecule has 0 bridgehead atoms. The molecular weight excluding hydrogens is 663 g/mol. The van der Waals surface area contributed by atoms with Gasteiger partial charge in [-0.1, -0.05) is 136 Å². The Hall–Kier alpha value is -6.46. The van der Waals surface area contributed by atoms with E-state index in [1.165, 1.54) is 16.7 Å². The molecule has 0 saturated heterocycles. The lowest BCUT2D eigenvalue weighted by Crippen LogP contribution is -2.13. The molecule has 1 aliphatic carbocycles. The van der Waals surface area contributed by atoms with E-state index in [0.29, 0.717) is 17.3 Å². The van der Waals surface area contributed by atoms with Crippen LogP contribution in [0.15, 0.2) is 157 Å². The summed E-state index contributed by atoms with van der Waals surface area (Å²) in [5.74, 6) is 1.57. The number of hydrogen-bond acceptors (Lipinski definition) is 4. The van der Waals surface area contributed by atoms with Crippen molar-refractivity contribution in [1.29, 1.82) is 0 Å². The smallest absolute Gasteiger partial charge is 0.217 e. The number of aromatic nitrogens is 2. The largest absolute Gasteiger partial charge is 0.507 e. The third-order valence-electron chi connectivity index (χ3n) is 11.1. The van der Waals surface area contributed by atoms with Gasteiger partial charge in [-0.05, 0) is 75.0 Å². The fourth-order valence-corrected chi connectivity index (χ4v) is 8.30. The molecule has 2 heterocycles. The van der Waals surface area contributed by atoms with E-state index in [2.05, 4.69) is 147 Å². The zero-order chi connectivity index (χ0) is 36.6. The van der Waals surface area contributed by atoms with Gasteiger partial charge in [0.05, 0.1) is 22.3 Å². The minimum absolute atomic E-state index is 0.0275. The fraction of sp³-hybridized carbons (Fsp3) is 0.143. The van der Waals surface area contributed by atoms with Gasteiger partial charge in [0.15, 0.2) is 0 Å². The van der Waals surface area contributed by atoms with Crippen LogP contribution in [0.2, 0.25) is 0 Å². The Bertz CT molecular complexity index is 2790. The van der Waals surface area contributed by atoms with Gasteiger partial charge < -0.3 is 9.84 Å². The van der Waals surface area contributed by atoms with Crippen molar-refractivity contribution in [3.63, 3.8) is 0 Å². The quantitative estimate of drug-likeness (QED) is 0.194. The summed E-state index contributed by atoms with van der Waals surface area (Å²) in [5, 5.41) is 13.7. The Kier molecular flexibility index (Phi) is 7.34. The van der Waals surface area contributed by atoms with Crippen molar-refractivity contribution in [1.82, 2.24) is 9.55 Å². The van der Waals surface area contributed by atoms with Crippen LogP contribution in [0.4, 0.5) is 0 Å². The number of ether oxygens (including phenoxy) is 1. The predicted molar refractivity (Wildman–Crippen MR) is 220 cm³/mol. The second-order valence-corrected chi connectivity index (χ2v) is 15.5. The van der Waals surface area contributed by atoms with Gasteiger partial charge in [-0.25, -0.2) is 9.98 Å². The first-order valence-electron chi connectivity index (χ1n) is 18.7. The number of benzene rings is 7. The molecule has 262 valence electrons. The summed E-state index contributed by atoms with van der Waals surface area (Å²) in [7, 11) is 0. The Labute approximate surface area is 314 Å². The molecule has 0 unspecified atom stereocenters. The van der Waals surface area contributed by atoms with E-state index < -0.39 is 0 Å². The van der Waals surface area contributed by atoms with Gasteiger partial charge in [-0.15, -0.1) is 0 Å². The molecule has 54 heavy (non-hydrogen) atoms. The fourth-order valence-electron chi connectivity index (χ4n) is 8.30. The normalized spacial score (nSPS) is 16.3. The molecule has 0 saturated carbocycles. The van der Waals surface area contributed by atoms with Crippen molar-refractivity contribution >= 4 is 27.7 Å². The van der Waals surface area contributed by atoms with Gasteiger partial charge in [0, 0.05) is 28.5 Å². The lowest BCUT2D eigenvalue weighted by Gasteiger charge is -2.23. The summed E-state index contributed by atoms with van der Waals surface area (Å²) in [6.45, 7) is 6.74. The highest BCUT2D eigenvalue weighted by Crippen LogP contribution is 2.44. The van der Waals surface area contributed by atoms with Crippen LogP contribution in [-0.4, -0.2) is 26.7 Å². The van der Waals surface area contributed by atoms with Gasteiger partial charge in [0.2, 0.25) is 5.90 Å². The molecule has 2 atom stereocenters. The first-order valence-corrected chi connectivity index (χ1v) is 18.7. The zero-order valence-corrected chi connectivity index (χ0v) is 30.5. The lowest BCUT2D eigenvalue weighted by molar-refractivity contribution is 0.206. The van der Waals surface area contributed by atoms with E-state index >= 15 is 0 Å². The second kappa shape index (κ2) is 12.3. The molecule has 5 heteroatoms. The molecule has 2 aliphatic rings. The molecule has 1 aromatic heterocycles. The highest BCUT2D eigenvalue weighted by atomic mass is 16.5. The summed E-state index contributed by atoms with van der Waals surface area (Å²) in [5.41, 5.74) is 12.4. The average molecular weight is 702 g/mol. The van der Waals surface area contributed by atoms with Crippen molar-refractivity contribution in [3.8, 4) is 45.1 Å². The molecular formula is C49H39N3O2. The van der Waals surface area contributed by atoms with Gasteiger partial charge in [0.1, 0.15) is 23.7 Å². The van der Waals surface area contributed by atoms with E-state index in [0.717, 1.165) is 61.7 Å². The van der Waals surface area contributed by atoms with Crippen LogP contribution in [0.1, 0.15) is 49.1 Å².